The van der Waals surface area contributed by atoms with Crippen molar-refractivity contribution < 1.29 is 4.74 Å². The van der Waals surface area contributed by atoms with E-state index in [1.54, 1.807) is 12.5 Å². The number of hydrogen-bond acceptors (Lipinski definition) is 5. The van der Waals surface area contributed by atoms with Gasteiger partial charge in [0.1, 0.15) is 17.4 Å². The molecule has 1 saturated carbocycles. The van der Waals surface area contributed by atoms with Crippen LogP contribution in [0, 0.1) is 5.41 Å². The van der Waals surface area contributed by atoms with Crippen LogP contribution in [0.5, 0.6) is 0 Å². The lowest BCUT2D eigenvalue weighted by atomic mass is 9.64. The molecule has 1 aliphatic carbocycles. The molecule has 0 aliphatic heterocycles. The lowest BCUT2D eigenvalue weighted by molar-refractivity contribution is -0.162. The number of fused-ring (bicyclic) bond motifs is 1. The summed E-state index contributed by atoms with van der Waals surface area (Å²) in [5.41, 5.74) is 1.75. The maximum Gasteiger partial charge on any atom is 0.155 e. The van der Waals surface area contributed by atoms with Crippen LogP contribution in [0.4, 0.5) is 5.82 Å². The quantitative estimate of drug-likeness (QED) is 0.944. The van der Waals surface area contributed by atoms with Gasteiger partial charge in [0.2, 0.25) is 0 Å². The Balaban J connectivity index is 1.78. The SMILES string of the molecule is Cn1ncc2ncnc(NC3CC(OC(C)(C)C)C3(C)C)c21. The average molecular weight is 303 g/mol. The largest absolute Gasteiger partial charge is 0.372 e. The van der Waals surface area contributed by atoms with Crippen molar-refractivity contribution in [3.05, 3.63) is 12.5 Å². The number of aromatic nitrogens is 4. The van der Waals surface area contributed by atoms with Crippen LogP contribution in [0.15, 0.2) is 12.5 Å². The first-order chi connectivity index (χ1) is 10.2. The van der Waals surface area contributed by atoms with Crippen molar-refractivity contribution in [3.63, 3.8) is 0 Å². The van der Waals surface area contributed by atoms with Crippen LogP contribution in [-0.4, -0.2) is 37.5 Å². The molecule has 2 atom stereocenters. The molecule has 6 nitrogen and oxygen atoms in total. The number of nitrogens with zero attached hydrogens (tertiary/aromatic N) is 4. The van der Waals surface area contributed by atoms with E-state index in [0.717, 1.165) is 23.3 Å². The molecule has 0 spiro atoms. The minimum Gasteiger partial charge on any atom is -0.372 e. The van der Waals surface area contributed by atoms with Gasteiger partial charge < -0.3 is 10.1 Å². The lowest BCUT2D eigenvalue weighted by Crippen LogP contribution is -2.59. The molecule has 120 valence electrons. The summed E-state index contributed by atoms with van der Waals surface area (Å²) in [5.74, 6) is 0.845. The van der Waals surface area contributed by atoms with Crippen LogP contribution in [-0.2, 0) is 11.8 Å². The summed E-state index contributed by atoms with van der Waals surface area (Å²) in [6, 6.07) is 0.327. The molecule has 0 saturated heterocycles. The van der Waals surface area contributed by atoms with Crippen LogP contribution in [0.25, 0.3) is 11.0 Å². The Labute approximate surface area is 131 Å². The van der Waals surface area contributed by atoms with Crippen molar-refractivity contribution in [3.8, 4) is 0 Å². The zero-order valence-corrected chi connectivity index (χ0v) is 14.2. The highest BCUT2D eigenvalue weighted by Gasteiger charge is 2.50. The Kier molecular flexibility index (Phi) is 3.40. The maximum atomic E-state index is 6.16. The summed E-state index contributed by atoms with van der Waals surface area (Å²) in [6.45, 7) is 10.8. The lowest BCUT2D eigenvalue weighted by Gasteiger charge is -2.53. The van der Waals surface area contributed by atoms with E-state index >= 15 is 0 Å². The highest BCUT2D eigenvalue weighted by Crippen LogP contribution is 2.46. The molecule has 2 heterocycles. The molecule has 1 aliphatic rings. The van der Waals surface area contributed by atoms with E-state index in [1.807, 2.05) is 11.7 Å². The van der Waals surface area contributed by atoms with E-state index in [2.05, 4.69) is 55.0 Å². The molecule has 2 aromatic heterocycles. The van der Waals surface area contributed by atoms with Gasteiger partial charge >= 0.3 is 0 Å². The van der Waals surface area contributed by atoms with Gasteiger partial charge in [0.25, 0.3) is 0 Å². The van der Waals surface area contributed by atoms with Gasteiger partial charge in [-0.3, -0.25) is 4.68 Å². The van der Waals surface area contributed by atoms with E-state index in [1.165, 1.54) is 0 Å². The van der Waals surface area contributed by atoms with E-state index in [0.29, 0.717) is 6.04 Å². The van der Waals surface area contributed by atoms with Crippen molar-refractivity contribution in [2.45, 2.75) is 58.8 Å². The summed E-state index contributed by atoms with van der Waals surface area (Å²) in [5, 5.41) is 7.82. The topological polar surface area (TPSA) is 64.9 Å². The smallest absolute Gasteiger partial charge is 0.155 e. The van der Waals surface area contributed by atoms with Crippen LogP contribution < -0.4 is 5.32 Å². The van der Waals surface area contributed by atoms with Crippen molar-refractivity contribution in [1.82, 2.24) is 19.7 Å². The second-order valence-electron chi connectivity index (χ2n) is 7.70. The molecule has 3 rings (SSSR count). The molecule has 22 heavy (non-hydrogen) atoms. The first-order valence-electron chi connectivity index (χ1n) is 7.75. The Morgan fingerprint density at radius 2 is 2.05 bits per heavy atom. The fourth-order valence-corrected chi connectivity index (χ4v) is 3.03. The third-order valence-corrected chi connectivity index (χ3v) is 4.51. The summed E-state index contributed by atoms with van der Waals surface area (Å²) >= 11 is 0. The summed E-state index contributed by atoms with van der Waals surface area (Å²) < 4.78 is 7.97. The molecule has 0 aromatic carbocycles. The second kappa shape index (κ2) is 4.91. The highest BCUT2D eigenvalue weighted by atomic mass is 16.5. The van der Waals surface area contributed by atoms with Crippen molar-refractivity contribution >= 4 is 16.9 Å². The standard InChI is InChI=1S/C16H25N5O/c1-15(2,3)22-12-7-11(16(12,4)5)20-14-13-10(17-9-18-14)8-19-21(13)6/h8-9,11-12H,7H2,1-6H3,(H,17,18,20). The molecular weight excluding hydrogens is 278 g/mol. The van der Waals surface area contributed by atoms with Gasteiger partial charge in [0.15, 0.2) is 5.82 Å². The molecule has 2 unspecified atom stereocenters. The third kappa shape index (κ3) is 2.56. The number of nitrogens with one attached hydrogen (secondary N) is 1. The molecule has 1 N–H and O–H groups in total. The normalized spacial score (nSPS) is 24.3. The zero-order chi connectivity index (χ0) is 16.1. The Hall–Kier alpha value is -1.69. The first-order valence-corrected chi connectivity index (χ1v) is 7.75. The number of ether oxygens (including phenoxy) is 1. The number of anilines is 1. The fourth-order valence-electron chi connectivity index (χ4n) is 3.03. The van der Waals surface area contributed by atoms with E-state index < -0.39 is 0 Å². The Bertz CT molecular complexity index is 685. The molecule has 0 bridgehead atoms. The van der Waals surface area contributed by atoms with Gasteiger partial charge in [-0.15, -0.1) is 0 Å². The maximum absolute atomic E-state index is 6.16. The number of aryl methyl sites for hydroxylation is 1. The van der Waals surface area contributed by atoms with Crippen LogP contribution >= 0.6 is 0 Å². The summed E-state index contributed by atoms with van der Waals surface area (Å²) in [6.07, 6.45) is 4.59. The monoisotopic (exact) mass is 303 g/mol. The van der Waals surface area contributed by atoms with Crippen LogP contribution in [0.1, 0.15) is 41.0 Å². The van der Waals surface area contributed by atoms with Crippen molar-refractivity contribution in [2.75, 3.05) is 5.32 Å². The molecule has 0 amide bonds. The van der Waals surface area contributed by atoms with Gasteiger partial charge in [0.05, 0.1) is 17.9 Å². The molecule has 1 fully saturated rings. The number of rotatable bonds is 3. The highest BCUT2D eigenvalue weighted by molar-refractivity contribution is 5.85. The van der Waals surface area contributed by atoms with Crippen molar-refractivity contribution in [2.24, 2.45) is 12.5 Å². The van der Waals surface area contributed by atoms with E-state index in [4.69, 9.17) is 4.74 Å². The van der Waals surface area contributed by atoms with Gasteiger partial charge in [-0.1, -0.05) is 13.8 Å². The third-order valence-electron chi connectivity index (χ3n) is 4.51. The second-order valence-corrected chi connectivity index (χ2v) is 7.70. The minimum atomic E-state index is -0.114. The zero-order valence-electron chi connectivity index (χ0n) is 14.2. The van der Waals surface area contributed by atoms with E-state index in [-0.39, 0.29) is 17.1 Å². The van der Waals surface area contributed by atoms with Gasteiger partial charge in [-0.25, -0.2) is 9.97 Å². The van der Waals surface area contributed by atoms with Gasteiger partial charge in [-0.05, 0) is 27.2 Å². The molecule has 6 heteroatoms. The summed E-state index contributed by atoms with van der Waals surface area (Å²) in [7, 11) is 1.91. The van der Waals surface area contributed by atoms with Crippen LogP contribution in [0.3, 0.4) is 0 Å². The molecule has 0 radical (unpaired) electrons. The Morgan fingerprint density at radius 3 is 2.68 bits per heavy atom. The predicted molar refractivity (Wildman–Crippen MR) is 86.7 cm³/mol. The molecule has 2 aromatic rings. The molecular formula is C16H25N5O. The predicted octanol–water partition coefficient (Wildman–Crippen LogP) is 2.76. The average Bonchev–Trinajstić information content (AvgIpc) is 2.79. The van der Waals surface area contributed by atoms with Crippen LogP contribution in [0.2, 0.25) is 0 Å². The van der Waals surface area contributed by atoms with Gasteiger partial charge in [0, 0.05) is 18.5 Å². The van der Waals surface area contributed by atoms with Crippen molar-refractivity contribution in [1.29, 1.82) is 0 Å². The minimum absolute atomic E-state index is 0.0587. The van der Waals surface area contributed by atoms with Gasteiger partial charge in [-0.2, -0.15) is 5.10 Å². The summed E-state index contributed by atoms with van der Waals surface area (Å²) in [4.78, 5) is 8.66. The first kappa shape index (κ1) is 15.2. The number of hydrogen-bond donors (Lipinski definition) is 1. The Morgan fingerprint density at radius 1 is 1.32 bits per heavy atom. The van der Waals surface area contributed by atoms with E-state index in [9.17, 15) is 0 Å². The fraction of sp³-hybridized carbons (Fsp3) is 0.688.